The van der Waals surface area contributed by atoms with Crippen LogP contribution >= 0.6 is 11.6 Å². The molecule has 0 aliphatic heterocycles. The number of hydrogen-bond donors (Lipinski definition) is 1. The van der Waals surface area contributed by atoms with Gasteiger partial charge in [0.25, 0.3) is 0 Å². The molecule has 0 aliphatic carbocycles. The van der Waals surface area contributed by atoms with Gasteiger partial charge in [0.1, 0.15) is 17.9 Å². The van der Waals surface area contributed by atoms with E-state index in [0.717, 1.165) is 30.0 Å². The molecule has 0 unspecified atom stereocenters. The molecule has 1 N–H and O–H groups in total. The summed E-state index contributed by atoms with van der Waals surface area (Å²) in [5, 5.41) is 3.82. The van der Waals surface area contributed by atoms with E-state index in [-0.39, 0.29) is 0 Å². The molecule has 0 aliphatic rings. The molecule has 0 amide bonds. The van der Waals surface area contributed by atoms with Gasteiger partial charge in [-0.05, 0) is 18.6 Å². The maximum atomic E-state index is 6.01. The molecule has 0 fully saturated rings. The molecule has 4 nitrogen and oxygen atoms in total. The monoisotopic (exact) mass is 277 g/mol. The second-order valence-corrected chi connectivity index (χ2v) is 4.47. The highest BCUT2D eigenvalue weighted by molar-refractivity contribution is 6.32. The third-order valence-electron chi connectivity index (χ3n) is 2.67. The molecule has 19 heavy (non-hydrogen) atoms. The number of halogens is 1. The Kier molecular flexibility index (Phi) is 4.58. The predicted octanol–water partition coefficient (Wildman–Crippen LogP) is 3.63. The molecular weight excluding hydrogens is 262 g/mol. The van der Waals surface area contributed by atoms with Crippen LogP contribution in [0.5, 0.6) is 5.75 Å². The van der Waals surface area contributed by atoms with Gasteiger partial charge < -0.3 is 10.1 Å². The van der Waals surface area contributed by atoms with Crippen molar-refractivity contribution in [2.24, 2.45) is 0 Å². The van der Waals surface area contributed by atoms with E-state index in [0.29, 0.717) is 10.8 Å². The lowest BCUT2D eigenvalue weighted by Gasteiger charge is -2.08. The van der Waals surface area contributed by atoms with Crippen LogP contribution in [0.25, 0.3) is 11.3 Å². The molecule has 2 rings (SSSR count). The first-order valence-corrected chi connectivity index (χ1v) is 6.52. The highest BCUT2D eigenvalue weighted by Crippen LogP contribution is 2.29. The van der Waals surface area contributed by atoms with Crippen LogP contribution in [0, 0.1) is 0 Å². The predicted molar refractivity (Wildman–Crippen MR) is 77.8 cm³/mol. The molecule has 5 heteroatoms. The average Bonchev–Trinajstić information content (AvgIpc) is 2.46. The molecule has 100 valence electrons. The van der Waals surface area contributed by atoms with Gasteiger partial charge in [0.2, 0.25) is 0 Å². The van der Waals surface area contributed by atoms with E-state index in [1.54, 1.807) is 19.5 Å². The number of rotatable bonds is 5. The minimum Gasteiger partial charge on any atom is -0.495 e. The van der Waals surface area contributed by atoms with Crippen molar-refractivity contribution in [3.8, 4) is 17.0 Å². The van der Waals surface area contributed by atoms with Crippen LogP contribution in [0.1, 0.15) is 13.3 Å². The topological polar surface area (TPSA) is 47.0 Å². The zero-order valence-corrected chi connectivity index (χ0v) is 11.7. The second-order valence-electron chi connectivity index (χ2n) is 4.06. The van der Waals surface area contributed by atoms with E-state index in [9.17, 15) is 0 Å². The quantitative estimate of drug-likeness (QED) is 0.907. The van der Waals surface area contributed by atoms with Gasteiger partial charge in [-0.2, -0.15) is 0 Å². The summed E-state index contributed by atoms with van der Waals surface area (Å²) in [5.74, 6) is 1.46. The summed E-state index contributed by atoms with van der Waals surface area (Å²) >= 11 is 6.01. The number of benzene rings is 1. The van der Waals surface area contributed by atoms with Gasteiger partial charge >= 0.3 is 0 Å². The highest BCUT2D eigenvalue weighted by Gasteiger charge is 2.06. The molecule has 1 heterocycles. The molecule has 0 saturated carbocycles. The van der Waals surface area contributed by atoms with E-state index < -0.39 is 0 Å². The number of nitrogens with one attached hydrogen (secondary N) is 1. The van der Waals surface area contributed by atoms with Gasteiger partial charge in [0.15, 0.2) is 0 Å². The van der Waals surface area contributed by atoms with Gasteiger partial charge in [0.05, 0.1) is 17.8 Å². The molecule has 0 saturated heterocycles. The van der Waals surface area contributed by atoms with Crippen molar-refractivity contribution in [2.45, 2.75) is 13.3 Å². The summed E-state index contributed by atoms with van der Waals surface area (Å²) in [6.07, 6.45) is 2.60. The molecule has 1 aromatic heterocycles. The average molecular weight is 278 g/mol. The van der Waals surface area contributed by atoms with Crippen molar-refractivity contribution < 1.29 is 4.74 Å². The van der Waals surface area contributed by atoms with Crippen LogP contribution in [0.4, 0.5) is 5.82 Å². The molecule has 1 aromatic carbocycles. The van der Waals surface area contributed by atoms with Crippen LogP contribution in [0.15, 0.2) is 30.6 Å². The van der Waals surface area contributed by atoms with Crippen molar-refractivity contribution in [2.75, 3.05) is 19.0 Å². The van der Waals surface area contributed by atoms with Crippen molar-refractivity contribution >= 4 is 17.4 Å². The van der Waals surface area contributed by atoms with Crippen LogP contribution < -0.4 is 10.1 Å². The Morgan fingerprint density at radius 3 is 2.84 bits per heavy atom. The number of anilines is 1. The number of nitrogens with zero attached hydrogens (tertiary/aromatic N) is 2. The van der Waals surface area contributed by atoms with Crippen molar-refractivity contribution in [1.29, 1.82) is 0 Å². The number of ether oxygens (including phenoxy) is 1. The van der Waals surface area contributed by atoms with E-state index in [1.807, 2.05) is 18.2 Å². The van der Waals surface area contributed by atoms with Crippen LogP contribution in [-0.4, -0.2) is 23.6 Å². The molecule has 0 atom stereocenters. The second kappa shape index (κ2) is 6.38. The summed E-state index contributed by atoms with van der Waals surface area (Å²) in [6.45, 7) is 3.00. The minimum absolute atomic E-state index is 0.588. The van der Waals surface area contributed by atoms with Crippen LogP contribution in [-0.2, 0) is 0 Å². The van der Waals surface area contributed by atoms with E-state index >= 15 is 0 Å². The SMILES string of the molecule is CCCNc1cc(-c2ccc(Cl)c(OC)c2)ncn1. The summed E-state index contributed by atoms with van der Waals surface area (Å²) in [7, 11) is 1.60. The highest BCUT2D eigenvalue weighted by atomic mass is 35.5. The largest absolute Gasteiger partial charge is 0.495 e. The maximum Gasteiger partial charge on any atom is 0.138 e. The minimum atomic E-state index is 0.588. The number of hydrogen-bond acceptors (Lipinski definition) is 4. The number of methoxy groups -OCH3 is 1. The molecule has 2 aromatic rings. The van der Waals surface area contributed by atoms with Crippen LogP contribution in [0.2, 0.25) is 5.02 Å². The lowest BCUT2D eigenvalue weighted by molar-refractivity contribution is 0.415. The first-order chi connectivity index (χ1) is 9.24. The Hall–Kier alpha value is -1.81. The van der Waals surface area contributed by atoms with Gasteiger partial charge in [-0.3, -0.25) is 0 Å². The van der Waals surface area contributed by atoms with Gasteiger partial charge in [-0.25, -0.2) is 9.97 Å². The Bertz CT molecular complexity index is 560. The van der Waals surface area contributed by atoms with Gasteiger partial charge in [0, 0.05) is 18.2 Å². The van der Waals surface area contributed by atoms with Crippen molar-refractivity contribution in [1.82, 2.24) is 9.97 Å². The molecule has 0 radical (unpaired) electrons. The maximum absolute atomic E-state index is 6.01. The zero-order chi connectivity index (χ0) is 13.7. The lowest BCUT2D eigenvalue weighted by atomic mass is 10.1. The first kappa shape index (κ1) is 13.6. The lowest BCUT2D eigenvalue weighted by Crippen LogP contribution is -2.02. The van der Waals surface area contributed by atoms with E-state index in [1.165, 1.54) is 0 Å². The Morgan fingerprint density at radius 1 is 1.26 bits per heavy atom. The number of aromatic nitrogens is 2. The zero-order valence-electron chi connectivity index (χ0n) is 11.0. The molecule has 0 spiro atoms. The van der Waals surface area contributed by atoms with Crippen molar-refractivity contribution in [3.63, 3.8) is 0 Å². The first-order valence-electron chi connectivity index (χ1n) is 6.14. The third-order valence-corrected chi connectivity index (χ3v) is 2.98. The summed E-state index contributed by atoms with van der Waals surface area (Å²) in [6, 6.07) is 7.50. The Balaban J connectivity index is 2.30. The summed E-state index contributed by atoms with van der Waals surface area (Å²) in [4.78, 5) is 8.46. The van der Waals surface area contributed by atoms with Gasteiger partial charge in [-0.1, -0.05) is 24.6 Å². The molecular formula is C14H16ClN3O. The Morgan fingerprint density at radius 2 is 2.11 bits per heavy atom. The normalized spacial score (nSPS) is 10.3. The van der Waals surface area contributed by atoms with Crippen LogP contribution in [0.3, 0.4) is 0 Å². The fourth-order valence-corrected chi connectivity index (χ4v) is 1.88. The fourth-order valence-electron chi connectivity index (χ4n) is 1.68. The van der Waals surface area contributed by atoms with E-state index in [2.05, 4.69) is 22.2 Å². The Labute approximate surface area is 117 Å². The summed E-state index contributed by atoms with van der Waals surface area (Å²) < 4.78 is 5.21. The fraction of sp³-hybridized carbons (Fsp3) is 0.286. The van der Waals surface area contributed by atoms with Gasteiger partial charge in [-0.15, -0.1) is 0 Å². The molecule has 0 bridgehead atoms. The smallest absolute Gasteiger partial charge is 0.138 e. The summed E-state index contributed by atoms with van der Waals surface area (Å²) in [5.41, 5.74) is 1.78. The standard InChI is InChI=1S/C14H16ClN3O/c1-3-6-16-14-8-12(17-9-18-14)10-4-5-11(15)13(7-10)19-2/h4-5,7-9H,3,6H2,1-2H3,(H,16,17,18). The van der Waals surface area contributed by atoms with E-state index in [4.69, 9.17) is 16.3 Å². The third kappa shape index (κ3) is 3.35. The van der Waals surface area contributed by atoms with Crippen molar-refractivity contribution in [3.05, 3.63) is 35.6 Å².